The monoisotopic (exact) mass is 248 g/mol. The molecule has 0 unspecified atom stereocenters. The zero-order chi connectivity index (χ0) is 12.6. The van der Waals surface area contributed by atoms with Gasteiger partial charge in [-0.25, -0.2) is 0 Å². The number of aliphatic hydroxyl groups is 1. The highest BCUT2D eigenvalue weighted by atomic mass is 32.2. The molecule has 0 aromatic carbocycles. The summed E-state index contributed by atoms with van der Waals surface area (Å²) in [5, 5.41) is 12.2. The molecule has 0 saturated carbocycles. The van der Waals surface area contributed by atoms with Gasteiger partial charge in [-0.05, 0) is 31.3 Å². The van der Waals surface area contributed by atoms with Gasteiger partial charge in [0.25, 0.3) is 0 Å². The molecule has 4 N–H and O–H groups in total. The van der Waals surface area contributed by atoms with Crippen LogP contribution in [0, 0.1) is 0 Å². The summed E-state index contributed by atoms with van der Waals surface area (Å²) in [6.07, 6.45) is 4.07. The molecule has 0 aliphatic rings. The number of nitrogens with two attached hydrogens (primary N) is 1. The van der Waals surface area contributed by atoms with E-state index in [2.05, 4.69) is 5.32 Å². The van der Waals surface area contributed by atoms with Crippen molar-refractivity contribution in [2.45, 2.75) is 44.7 Å². The summed E-state index contributed by atoms with van der Waals surface area (Å²) in [6.45, 7) is 3.86. The average Bonchev–Trinajstić information content (AvgIpc) is 2.32. The number of thioether (sulfide) groups is 1. The van der Waals surface area contributed by atoms with Crippen LogP contribution in [0.1, 0.15) is 33.1 Å². The molecule has 1 amide bonds. The lowest BCUT2D eigenvalue weighted by atomic mass is 9.93. The Balaban J connectivity index is 4.28. The number of carbonyl (C=O) groups excluding carboxylic acids is 1. The fourth-order valence-electron chi connectivity index (χ4n) is 1.42. The molecule has 5 heteroatoms. The summed E-state index contributed by atoms with van der Waals surface area (Å²) >= 11 is 1.67. The van der Waals surface area contributed by atoms with Crippen molar-refractivity contribution in [3.8, 4) is 0 Å². The molecular formula is C11H24N2O2S. The van der Waals surface area contributed by atoms with Crippen molar-refractivity contribution in [3.05, 3.63) is 0 Å². The molecule has 1 atom stereocenters. The molecule has 0 aliphatic heterocycles. The highest BCUT2D eigenvalue weighted by Gasteiger charge is 2.28. The molecular weight excluding hydrogens is 224 g/mol. The van der Waals surface area contributed by atoms with E-state index in [1.807, 2.05) is 20.1 Å². The van der Waals surface area contributed by atoms with Crippen LogP contribution in [0.25, 0.3) is 0 Å². The van der Waals surface area contributed by atoms with Crippen molar-refractivity contribution < 1.29 is 9.90 Å². The van der Waals surface area contributed by atoms with Crippen LogP contribution in [0.3, 0.4) is 0 Å². The van der Waals surface area contributed by atoms with Crippen molar-refractivity contribution >= 4 is 17.7 Å². The lowest BCUT2D eigenvalue weighted by Gasteiger charge is -2.31. The highest BCUT2D eigenvalue weighted by molar-refractivity contribution is 7.98. The van der Waals surface area contributed by atoms with E-state index in [4.69, 9.17) is 5.73 Å². The minimum Gasteiger partial charge on any atom is -0.394 e. The zero-order valence-corrected chi connectivity index (χ0v) is 11.3. The van der Waals surface area contributed by atoms with Gasteiger partial charge in [0.2, 0.25) is 5.91 Å². The lowest BCUT2D eigenvalue weighted by molar-refractivity contribution is -0.125. The molecule has 0 fully saturated rings. The number of nitrogens with one attached hydrogen (secondary N) is 1. The van der Waals surface area contributed by atoms with Gasteiger partial charge < -0.3 is 16.2 Å². The van der Waals surface area contributed by atoms with Gasteiger partial charge in [-0.15, -0.1) is 0 Å². The van der Waals surface area contributed by atoms with Crippen molar-refractivity contribution in [2.24, 2.45) is 5.73 Å². The predicted octanol–water partition coefficient (Wildman–Crippen LogP) is 0.734. The minimum absolute atomic E-state index is 0.0407. The molecule has 0 bridgehead atoms. The first-order valence-electron chi connectivity index (χ1n) is 5.72. The fraction of sp³-hybridized carbons (Fsp3) is 0.909. The van der Waals surface area contributed by atoms with Gasteiger partial charge >= 0.3 is 0 Å². The number of hydrogen-bond acceptors (Lipinski definition) is 4. The second kappa shape index (κ2) is 7.92. The summed E-state index contributed by atoms with van der Waals surface area (Å²) < 4.78 is 0. The van der Waals surface area contributed by atoms with Gasteiger partial charge in [0.15, 0.2) is 0 Å². The first-order chi connectivity index (χ1) is 7.55. The van der Waals surface area contributed by atoms with Crippen molar-refractivity contribution in [2.75, 3.05) is 18.6 Å². The summed E-state index contributed by atoms with van der Waals surface area (Å²) in [5.74, 6) is 0.714. The third kappa shape index (κ3) is 4.72. The van der Waals surface area contributed by atoms with Crippen LogP contribution in [-0.4, -0.2) is 41.2 Å². The number of amides is 1. The standard InChI is InChI=1S/C11H24N2O2S/c1-4-11(5-2,8-14)13-10(15)9(12)6-7-16-3/h9,14H,4-8,12H2,1-3H3,(H,13,15)/t9-/m1/s1. The molecule has 96 valence electrons. The van der Waals surface area contributed by atoms with E-state index in [1.54, 1.807) is 11.8 Å². The van der Waals surface area contributed by atoms with Gasteiger partial charge in [-0.2, -0.15) is 11.8 Å². The molecule has 16 heavy (non-hydrogen) atoms. The summed E-state index contributed by atoms with van der Waals surface area (Å²) in [6, 6.07) is -0.475. The quantitative estimate of drug-likeness (QED) is 0.592. The maximum Gasteiger partial charge on any atom is 0.237 e. The van der Waals surface area contributed by atoms with E-state index < -0.39 is 11.6 Å². The first kappa shape index (κ1) is 15.7. The molecule has 0 aromatic rings. The number of hydrogen-bond donors (Lipinski definition) is 3. The maximum atomic E-state index is 11.8. The fourth-order valence-corrected chi connectivity index (χ4v) is 1.91. The van der Waals surface area contributed by atoms with E-state index in [1.165, 1.54) is 0 Å². The van der Waals surface area contributed by atoms with Crippen LogP contribution in [-0.2, 0) is 4.79 Å². The number of aliphatic hydroxyl groups excluding tert-OH is 1. The van der Waals surface area contributed by atoms with Crippen LogP contribution in [0.5, 0.6) is 0 Å². The Hall–Kier alpha value is -0.260. The van der Waals surface area contributed by atoms with Gasteiger partial charge in [-0.1, -0.05) is 13.8 Å². The van der Waals surface area contributed by atoms with Crippen LogP contribution < -0.4 is 11.1 Å². The van der Waals surface area contributed by atoms with Gasteiger partial charge in [0, 0.05) is 0 Å². The van der Waals surface area contributed by atoms with Crippen LogP contribution in [0.15, 0.2) is 0 Å². The van der Waals surface area contributed by atoms with Crippen molar-refractivity contribution in [1.82, 2.24) is 5.32 Å². The number of rotatable bonds is 8. The van der Waals surface area contributed by atoms with Gasteiger partial charge in [0.1, 0.15) is 0 Å². The summed E-state index contributed by atoms with van der Waals surface area (Å²) in [4.78, 5) is 11.8. The SMILES string of the molecule is CCC(CC)(CO)NC(=O)[C@H](N)CCSC. The van der Waals surface area contributed by atoms with E-state index in [9.17, 15) is 9.90 Å². The third-order valence-corrected chi connectivity index (χ3v) is 3.66. The summed E-state index contributed by atoms with van der Waals surface area (Å²) in [7, 11) is 0. The van der Waals surface area contributed by atoms with Gasteiger partial charge in [0.05, 0.1) is 18.2 Å². The van der Waals surface area contributed by atoms with Crippen molar-refractivity contribution in [3.63, 3.8) is 0 Å². The molecule has 0 radical (unpaired) electrons. The molecule has 0 saturated heterocycles. The Labute approximate surface area is 102 Å². The number of carbonyl (C=O) groups is 1. The maximum absolute atomic E-state index is 11.8. The molecule has 0 aliphatic carbocycles. The Morgan fingerprint density at radius 2 is 2.06 bits per heavy atom. The second-order valence-electron chi connectivity index (χ2n) is 4.02. The van der Waals surface area contributed by atoms with E-state index in [-0.39, 0.29) is 12.5 Å². The Kier molecular flexibility index (Phi) is 7.80. The minimum atomic E-state index is -0.506. The third-order valence-electron chi connectivity index (χ3n) is 3.01. The first-order valence-corrected chi connectivity index (χ1v) is 7.12. The average molecular weight is 248 g/mol. The highest BCUT2D eigenvalue weighted by Crippen LogP contribution is 2.14. The topological polar surface area (TPSA) is 75.3 Å². The molecule has 4 nitrogen and oxygen atoms in total. The van der Waals surface area contributed by atoms with E-state index in [0.29, 0.717) is 19.3 Å². The Morgan fingerprint density at radius 1 is 1.50 bits per heavy atom. The van der Waals surface area contributed by atoms with Gasteiger partial charge in [-0.3, -0.25) is 4.79 Å². The zero-order valence-electron chi connectivity index (χ0n) is 10.5. The van der Waals surface area contributed by atoms with E-state index in [0.717, 1.165) is 5.75 Å². The Bertz CT molecular complexity index is 200. The normalized spacial score (nSPS) is 13.6. The molecule has 0 spiro atoms. The Morgan fingerprint density at radius 3 is 2.44 bits per heavy atom. The van der Waals surface area contributed by atoms with Crippen LogP contribution in [0.4, 0.5) is 0 Å². The second-order valence-corrected chi connectivity index (χ2v) is 5.01. The smallest absolute Gasteiger partial charge is 0.237 e. The summed E-state index contributed by atoms with van der Waals surface area (Å²) in [5.41, 5.74) is 5.26. The van der Waals surface area contributed by atoms with Crippen LogP contribution in [0.2, 0.25) is 0 Å². The molecule has 0 heterocycles. The lowest BCUT2D eigenvalue weighted by Crippen LogP contribution is -2.55. The predicted molar refractivity (Wildman–Crippen MR) is 69.5 cm³/mol. The largest absolute Gasteiger partial charge is 0.394 e. The van der Waals surface area contributed by atoms with Crippen molar-refractivity contribution in [1.29, 1.82) is 0 Å². The van der Waals surface area contributed by atoms with Crippen LogP contribution >= 0.6 is 11.8 Å². The van der Waals surface area contributed by atoms with E-state index >= 15 is 0 Å². The molecule has 0 rings (SSSR count). The molecule has 0 aromatic heterocycles.